The Morgan fingerprint density at radius 2 is 1.58 bits per heavy atom. The van der Waals surface area contributed by atoms with Gasteiger partial charge >= 0.3 is 6.18 Å². The van der Waals surface area contributed by atoms with E-state index in [1.54, 1.807) is 0 Å². The molecular weight excluding hydrogens is 323 g/mol. The molecule has 1 aromatic carbocycles. The molecule has 2 N–H and O–H groups in total. The lowest BCUT2D eigenvalue weighted by Gasteiger charge is -2.21. The maximum Gasteiger partial charge on any atom is 0.416 e. The first-order valence-electron chi connectivity index (χ1n) is 7.62. The fourth-order valence-electron chi connectivity index (χ4n) is 4.04. The summed E-state index contributed by atoms with van der Waals surface area (Å²) in [5, 5.41) is 21.2. The summed E-state index contributed by atoms with van der Waals surface area (Å²) in [5.74, 6) is -0.541. The predicted molar refractivity (Wildman–Crippen MR) is 79.1 cm³/mol. The van der Waals surface area contributed by atoms with Crippen molar-refractivity contribution in [1.82, 2.24) is 4.57 Å². The second kappa shape index (κ2) is 4.27. The summed E-state index contributed by atoms with van der Waals surface area (Å²) < 4.78 is 45.9. The summed E-state index contributed by atoms with van der Waals surface area (Å²) >= 11 is 0. The molecule has 24 heavy (non-hydrogen) atoms. The van der Waals surface area contributed by atoms with Gasteiger partial charge in [0.15, 0.2) is 0 Å². The van der Waals surface area contributed by atoms with E-state index in [1.165, 1.54) is 12.1 Å². The van der Waals surface area contributed by atoms with E-state index in [9.17, 15) is 23.4 Å². The Hall–Kier alpha value is -2.15. The normalized spacial score (nSPS) is 28.4. The number of nitrogens with zero attached hydrogens (tertiary/aromatic N) is 1. The van der Waals surface area contributed by atoms with Crippen LogP contribution in [-0.4, -0.2) is 14.8 Å². The topological polar surface area (TPSA) is 54.6 Å². The van der Waals surface area contributed by atoms with E-state index in [2.05, 4.69) is 0 Å². The molecule has 4 rings (SSSR count). The van der Waals surface area contributed by atoms with Crippen LogP contribution in [0, 0.1) is 0 Å². The monoisotopic (exact) mass is 339 g/mol. The van der Waals surface area contributed by atoms with Crippen molar-refractivity contribution in [3.05, 3.63) is 41.0 Å². The van der Waals surface area contributed by atoms with E-state index >= 15 is 0 Å². The molecular formula is C17H16F3NO3. The fraction of sp³-hybridized carbons (Fsp3) is 0.412. The molecule has 2 atom stereocenters. The van der Waals surface area contributed by atoms with Gasteiger partial charge in [-0.25, -0.2) is 0 Å². The van der Waals surface area contributed by atoms with Gasteiger partial charge in [-0.15, -0.1) is 0 Å². The van der Waals surface area contributed by atoms with Gasteiger partial charge in [-0.2, -0.15) is 13.2 Å². The molecule has 0 spiro atoms. The summed E-state index contributed by atoms with van der Waals surface area (Å²) in [4.78, 5) is 0. The molecule has 128 valence electrons. The Balaban J connectivity index is 1.95. The van der Waals surface area contributed by atoms with Crippen LogP contribution in [0.25, 0.3) is 5.69 Å². The highest BCUT2D eigenvalue weighted by atomic mass is 19.4. The largest absolute Gasteiger partial charge is 0.494 e. The average Bonchev–Trinajstić information content (AvgIpc) is 3.03. The molecule has 7 heteroatoms. The zero-order chi connectivity index (χ0) is 17.5. The molecule has 2 aliphatic heterocycles. The van der Waals surface area contributed by atoms with Gasteiger partial charge in [0.2, 0.25) is 11.8 Å². The molecule has 0 saturated carbocycles. The van der Waals surface area contributed by atoms with Crippen molar-refractivity contribution in [3.8, 4) is 17.4 Å². The number of ether oxygens (including phenoxy) is 1. The third-order valence-corrected chi connectivity index (χ3v) is 5.14. The van der Waals surface area contributed by atoms with Gasteiger partial charge in [0.1, 0.15) is 0 Å². The van der Waals surface area contributed by atoms with Crippen LogP contribution in [0.15, 0.2) is 24.3 Å². The quantitative estimate of drug-likeness (QED) is 0.820. The summed E-state index contributed by atoms with van der Waals surface area (Å²) in [6, 6.07) is 4.51. The maximum absolute atomic E-state index is 12.9. The summed E-state index contributed by atoms with van der Waals surface area (Å²) in [6.45, 7) is 3.64. The second-order valence-electron chi connectivity index (χ2n) is 6.84. The van der Waals surface area contributed by atoms with Crippen molar-refractivity contribution in [2.45, 2.75) is 44.1 Å². The van der Waals surface area contributed by atoms with E-state index in [0.717, 1.165) is 16.7 Å². The Kier molecular flexibility index (Phi) is 2.74. The highest BCUT2D eigenvalue weighted by Crippen LogP contribution is 2.64. The third kappa shape index (κ3) is 1.79. The number of hydrogen-bond acceptors (Lipinski definition) is 3. The lowest BCUT2D eigenvalue weighted by atomic mass is 9.80. The van der Waals surface area contributed by atoms with Crippen molar-refractivity contribution in [1.29, 1.82) is 0 Å². The Morgan fingerprint density at radius 1 is 1.04 bits per heavy atom. The van der Waals surface area contributed by atoms with Gasteiger partial charge in [-0.3, -0.25) is 4.57 Å². The minimum absolute atomic E-state index is 0.0563. The number of fused-ring (bicyclic) bond motifs is 5. The van der Waals surface area contributed by atoms with Gasteiger partial charge in [-0.1, -0.05) is 6.07 Å². The minimum atomic E-state index is -4.50. The predicted octanol–water partition coefficient (Wildman–Crippen LogP) is 4.16. The Morgan fingerprint density at radius 3 is 2.08 bits per heavy atom. The summed E-state index contributed by atoms with van der Waals surface area (Å²) in [5.41, 5.74) is -1.33. The molecule has 0 radical (unpaired) electrons. The van der Waals surface area contributed by atoms with Crippen LogP contribution in [0.1, 0.15) is 43.4 Å². The molecule has 4 nitrogen and oxygen atoms in total. The summed E-state index contributed by atoms with van der Waals surface area (Å²) in [6.07, 6.45) is -3.15. The van der Waals surface area contributed by atoms with Crippen LogP contribution in [0.2, 0.25) is 0 Å². The number of alkyl halides is 3. The van der Waals surface area contributed by atoms with E-state index in [4.69, 9.17) is 4.74 Å². The van der Waals surface area contributed by atoms with Crippen molar-refractivity contribution in [3.63, 3.8) is 0 Å². The molecule has 2 aromatic rings. The fourth-order valence-corrected chi connectivity index (χ4v) is 4.04. The van der Waals surface area contributed by atoms with E-state index in [-0.39, 0.29) is 17.4 Å². The van der Waals surface area contributed by atoms with Crippen LogP contribution in [0.5, 0.6) is 11.8 Å². The molecule has 1 saturated heterocycles. The molecule has 1 aromatic heterocycles. The first kappa shape index (κ1) is 15.4. The van der Waals surface area contributed by atoms with E-state index < -0.39 is 22.9 Å². The van der Waals surface area contributed by atoms with E-state index in [1.807, 2.05) is 13.8 Å². The van der Waals surface area contributed by atoms with Crippen molar-refractivity contribution < 1.29 is 28.1 Å². The lowest BCUT2D eigenvalue weighted by Crippen LogP contribution is -2.17. The number of rotatable bonds is 1. The first-order valence-corrected chi connectivity index (χ1v) is 7.62. The van der Waals surface area contributed by atoms with Crippen LogP contribution in [0.4, 0.5) is 13.2 Å². The number of aromatic nitrogens is 1. The van der Waals surface area contributed by atoms with Gasteiger partial charge < -0.3 is 14.9 Å². The molecule has 0 unspecified atom stereocenters. The zero-order valence-electron chi connectivity index (χ0n) is 13.1. The zero-order valence-corrected chi connectivity index (χ0v) is 13.1. The molecule has 2 aliphatic rings. The molecule has 1 fully saturated rings. The van der Waals surface area contributed by atoms with Gasteiger partial charge in [-0.05, 0) is 44.9 Å². The van der Waals surface area contributed by atoms with Crippen LogP contribution in [-0.2, 0) is 22.1 Å². The highest BCUT2D eigenvalue weighted by Gasteiger charge is 2.59. The van der Waals surface area contributed by atoms with Gasteiger partial charge in [0, 0.05) is 0 Å². The minimum Gasteiger partial charge on any atom is -0.494 e. The van der Waals surface area contributed by atoms with Crippen LogP contribution < -0.4 is 0 Å². The highest BCUT2D eigenvalue weighted by molar-refractivity contribution is 5.60. The third-order valence-electron chi connectivity index (χ3n) is 5.14. The Bertz CT molecular complexity index is 818. The number of benzene rings is 1. The number of aromatic hydroxyl groups is 2. The standard InChI is InChI=1S/C17H16F3NO3/c1-15-6-7-16(2,24-15)12-11(15)13(22)21(14(12)23)10-5-3-4-9(8-10)17(18,19)20/h3-5,8,22-23H,6-7H2,1-2H3/t15-,16+. The first-order chi connectivity index (χ1) is 11.1. The average molecular weight is 339 g/mol. The molecule has 2 bridgehead atoms. The second-order valence-corrected chi connectivity index (χ2v) is 6.84. The van der Waals surface area contributed by atoms with Crippen LogP contribution in [0.3, 0.4) is 0 Å². The molecule has 0 aliphatic carbocycles. The van der Waals surface area contributed by atoms with Gasteiger partial charge in [0.05, 0.1) is 33.6 Å². The molecule has 0 amide bonds. The van der Waals surface area contributed by atoms with E-state index in [0.29, 0.717) is 24.0 Å². The lowest BCUT2D eigenvalue weighted by molar-refractivity contribution is -0.137. The van der Waals surface area contributed by atoms with Crippen molar-refractivity contribution in [2.24, 2.45) is 0 Å². The molecule has 3 heterocycles. The van der Waals surface area contributed by atoms with Crippen LogP contribution >= 0.6 is 0 Å². The maximum atomic E-state index is 12.9. The smallest absolute Gasteiger partial charge is 0.416 e. The van der Waals surface area contributed by atoms with Crippen molar-refractivity contribution in [2.75, 3.05) is 0 Å². The van der Waals surface area contributed by atoms with Gasteiger partial charge in [0.25, 0.3) is 0 Å². The SMILES string of the molecule is C[C@]12CC[C@](C)(O1)c1c2c(O)n(-c2cccc(C(F)(F)F)c2)c1O. The van der Waals surface area contributed by atoms with Crippen molar-refractivity contribution >= 4 is 0 Å². The summed E-state index contributed by atoms with van der Waals surface area (Å²) in [7, 11) is 0. The Labute approximate surface area is 136 Å². The number of halogens is 3. The number of hydrogen-bond donors (Lipinski definition) is 2.